The lowest BCUT2D eigenvalue weighted by Gasteiger charge is -2.24. The first-order chi connectivity index (χ1) is 9.84. The number of unbranched alkanes of at least 4 members (excludes halogenated alkanes) is 2. The van der Waals surface area contributed by atoms with Crippen molar-refractivity contribution in [1.82, 2.24) is 5.32 Å². The average Bonchev–Trinajstić information content (AvgIpc) is 2.42. The Balaban J connectivity index is 2.42. The predicted octanol–water partition coefficient (Wildman–Crippen LogP) is 2.86. The van der Waals surface area contributed by atoms with E-state index in [1.807, 2.05) is 0 Å². The van der Waals surface area contributed by atoms with Crippen molar-refractivity contribution in [2.45, 2.75) is 44.9 Å². The summed E-state index contributed by atoms with van der Waals surface area (Å²) in [6, 6.07) is 6.04. The van der Waals surface area contributed by atoms with E-state index in [0.717, 1.165) is 12.8 Å². The number of hydrogen-bond donors (Lipinski definition) is 2. The summed E-state index contributed by atoms with van der Waals surface area (Å²) >= 11 is 0. The van der Waals surface area contributed by atoms with Gasteiger partial charge >= 0.3 is 5.97 Å². The zero-order valence-corrected chi connectivity index (χ0v) is 12.5. The van der Waals surface area contributed by atoms with E-state index in [4.69, 9.17) is 5.11 Å². The van der Waals surface area contributed by atoms with E-state index in [-0.39, 0.29) is 18.1 Å². The highest BCUT2D eigenvalue weighted by molar-refractivity contribution is 5.87. The van der Waals surface area contributed by atoms with Crippen LogP contribution in [-0.2, 0) is 15.0 Å². The van der Waals surface area contributed by atoms with Crippen LogP contribution in [0.2, 0.25) is 0 Å². The van der Waals surface area contributed by atoms with Crippen molar-refractivity contribution in [1.29, 1.82) is 0 Å². The van der Waals surface area contributed by atoms with Gasteiger partial charge in [0.15, 0.2) is 0 Å². The molecule has 5 heteroatoms. The molecule has 0 spiro atoms. The lowest BCUT2D eigenvalue weighted by Crippen LogP contribution is -2.40. The third-order valence-corrected chi connectivity index (χ3v) is 3.47. The molecule has 0 saturated carbocycles. The molecule has 0 saturated heterocycles. The molecule has 0 aliphatic rings. The second kappa shape index (κ2) is 7.76. The van der Waals surface area contributed by atoms with Crippen LogP contribution in [0.3, 0.4) is 0 Å². The van der Waals surface area contributed by atoms with Crippen LogP contribution in [0.4, 0.5) is 4.39 Å². The Morgan fingerprint density at radius 3 is 2.57 bits per heavy atom. The number of carboxylic acid groups (broad SMARTS) is 1. The minimum absolute atomic E-state index is 0.155. The number of rotatable bonds is 8. The smallest absolute Gasteiger partial charge is 0.303 e. The maximum absolute atomic E-state index is 13.2. The summed E-state index contributed by atoms with van der Waals surface area (Å²) in [6.07, 6.45) is 2.26. The van der Waals surface area contributed by atoms with Gasteiger partial charge in [-0.1, -0.05) is 18.6 Å². The number of halogens is 1. The van der Waals surface area contributed by atoms with Gasteiger partial charge in [0.1, 0.15) is 5.82 Å². The third-order valence-electron chi connectivity index (χ3n) is 3.47. The van der Waals surface area contributed by atoms with Gasteiger partial charge in [-0.3, -0.25) is 9.59 Å². The number of aliphatic carboxylic acids is 1. The Morgan fingerprint density at radius 1 is 1.24 bits per heavy atom. The maximum Gasteiger partial charge on any atom is 0.303 e. The quantitative estimate of drug-likeness (QED) is 0.725. The Bertz CT molecular complexity index is 500. The molecule has 1 aromatic carbocycles. The first-order valence-corrected chi connectivity index (χ1v) is 7.10. The number of benzene rings is 1. The number of carbonyl (C=O) groups is 2. The van der Waals surface area contributed by atoms with E-state index in [2.05, 4.69) is 5.32 Å². The van der Waals surface area contributed by atoms with Crippen molar-refractivity contribution in [2.24, 2.45) is 0 Å². The normalized spacial score (nSPS) is 11.2. The molecule has 2 N–H and O–H groups in total. The van der Waals surface area contributed by atoms with Crippen molar-refractivity contribution >= 4 is 11.9 Å². The van der Waals surface area contributed by atoms with Crippen molar-refractivity contribution in [3.8, 4) is 0 Å². The van der Waals surface area contributed by atoms with E-state index < -0.39 is 11.4 Å². The summed E-state index contributed by atoms with van der Waals surface area (Å²) in [5, 5.41) is 11.3. The van der Waals surface area contributed by atoms with Gasteiger partial charge in [0.25, 0.3) is 0 Å². The molecule has 0 fully saturated rings. The van der Waals surface area contributed by atoms with Gasteiger partial charge in [-0.15, -0.1) is 0 Å². The summed E-state index contributed by atoms with van der Waals surface area (Å²) < 4.78 is 13.2. The maximum atomic E-state index is 13.2. The molecule has 4 nitrogen and oxygen atoms in total. The minimum atomic E-state index is -0.802. The van der Waals surface area contributed by atoms with Gasteiger partial charge in [0.05, 0.1) is 5.41 Å². The monoisotopic (exact) mass is 295 g/mol. The number of nitrogens with one attached hydrogen (secondary N) is 1. The first kappa shape index (κ1) is 17.1. The summed E-state index contributed by atoms with van der Waals surface area (Å²) in [5.41, 5.74) is -0.172. The molecule has 1 aromatic rings. The highest BCUT2D eigenvalue weighted by Gasteiger charge is 2.29. The van der Waals surface area contributed by atoms with E-state index in [1.165, 1.54) is 12.1 Å². The highest BCUT2D eigenvalue weighted by Crippen LogP contribution is 2.23. The van der Waals surface area contributed by atoms with Crippen LogP contribution < -0.4 is 5.32 Å². The predicted molar refractivity (Wildman–Crippen MR) is 78.5 cm³/mol. The second-order valence-corrected chi connectivity index (χ2v) is 5.60. The highest BCUT2D eigenvalue weighted by atomic mass is 19.1. The van der Waals surface area contributed by atoms with Crippen molar-refractivity contribution < 1.29 is 19.1 Å². The topological polar surface area (TPSA) is 66.4 Å². The Kier molecular flexibility index (Phi) is 6.34. The molecule has 0 aliphatic carbocycles. The summed E-state index contributed by atoms with van der Waals surface area (Å²) in [5.74, 6) is -1.32. The van der Waals surface area contributed by atoms with Crippen LogP contribution in [0.1, 0.15) is 45.1 Å². The molecule has 1 rings (SSSR count). The van der Waals surface area contributed by atoms with E-state index >= 15 is 0 Å². The molecule has 21 heavy (non-hydrogen) atoms. The van der Waals surface area contributed by atoms with Crippen LogP contribution >= 0.6 is 0 Å². The standard InChI is InChI=1S/C16H22FNO3/c1-16(2,12-7-6-8-13(17)11-12)15(21)18-10-5-3-4-9-14(19)20/h6-8,11H,3-5,9-10H2,1-2H3,(H,18,21)(H,19,20). The minimum Gasteiger partial charge on any atom is -0.481 e. The van der Waals surface area contributed by atoms with Gasteiger partial charge in [-0.25, -0.2) is 4.39 Å². The molecule has 0 aromatic heterocycles. The first-order valence-electron chi connectivity index (χ1n) is 7.10. The number of hydrogen-bond acceptors (Lipinski definition) is 2. The van der Waals surface area contributed by atoms with Crippen LogP contribution in [-0.4, -0.2) is 23.5 Å². The Hall–Kier alpha value is -1.91. The fourth-order valence-corrected chi connectivity index (χ4v) is 2.01. The zero-order valence-electron chi connectivity index (χ0n) is 12.5. The van der Waals surface area contributed by atoms with Crippen molar-refractivity contribution in [3.63, 3.8) is 0 Å². The van der Waals surface area contributed by atoms with Crippen molar-refractivity contribution in [3.05, 3.63) is 35.6 Å². The lowest BCUT2D eigenvalue weighted by atomic mass is 9.83. The molecular formula is C16H22FNO3. The Morgan fingerprint density at radius 2 is 1.95 bits per heavy atom. The fourth-order valence-electron chi connectivity index (χ4n) is 2.01. The van der Waals surface area contributed by atoms with Gasteiger partial charge < -0.3 is 10.4 Å². The number of amides is 1. The average molecular weight is 295 g/mol. The molecule has 116 valence electrons. The SMILES string of the molecule is CC(C)(C(=O)NCCCCCC(=O)O)c1cccc(F)c1. The summed E-state index contributed by atoms with van der Waals surface area (Å²) in [4.78, 5) is 22.5. The van der Waals surface area contributed by atoms with E-state index in [1.54, 1.807) is 26.0 Å². The molecular weight excluding hydrogens is 273 g/mol. The number of carbonyl (C=O) groups excluding carboxylic acids is 1. The zero-order chi connectivity index (χ0) is 15.9. The van der Waals surface area contributed by atoms with Crippen LogP contribution in [0.5, 0.6) is 0 Å². The van der Waals surface area contributed by atoms with Crippen LogP contribution in [0.15, 0.2) is 24.3 Å². The van der Waals surface area contributed by atoms with Gasteiger partial charge in [0, 0.05) is 13.0 Å². The molecule has 0 aliphatic heterocycles. The molecule has 1 amide bonds. The third kappa shape index (κ3) is 5.53. The molecule has 0 unspecified atom stereocenters. The largest absolute Gasteiger partial charge is 0.481 e. The summed E-state index contributed by atoms with van der Waals surface area (Å²) in [6.45, 7) is 4.00. The van der Waals surface area contributed by atoms with Crippen LogP contribution in [0, 0.1) is 5.82 Å². The fraction of sp³-hybridized carbons (Fsp3) is 0.500. The van der Waals surface area contributed by atoms with Gasteiger partial charge in [0.2, 0.25) is 5.91 Å². The van der Waals surface area contributed by atoms with Crippen LogP contribution in [0.25, 0.3) is 0 Å². The molecule has 0 bridgehead atoms. The summed E-state index contributed by atoms with van der Waals surface area (Å²) in [7, 11) is 0. The van der Waals surface area contributed by atoms with Gasteiger partial charge in [-0.2, -0.15) is 0 Å². The number of carboxylic acids is 1. The van der Waals surface area contributed by atoms with E-state index in [0.29, 0.717) is 18.5 Å². The Labute approximate surface area is 124 Å². The molecule has 0 atom stereocenters. The van der Waals surface area contributed by atoms with Gasteiger partial charge in [-0.05, 0) is 44.4 Å². The lowest BCUT2D eigenvalue weighted by molar-refractivity contribution is -0.137. The molecule has 0 heterocycles. The van der Waals surface area contributed by atoms with Crippen molar-refractivity contribution in [2.75, 3.05) is 6.54 Å². The second-order valence-electron chi connectivity index (χ2n) is 5.60. The molecule has 0 radical (unpaired) electrons. The van der Waals surface area contributed by atoms with E-state index in [9.17, 15) is 14.0 Å².